The number of ether oxygens (including phenoxy) is 1. The van der Waals surface area contributed by atoms with Gasteiger partial charge in [0.15, 0.2) is 0 Å². The third kappa shape index (κ3) is 9.58. The highest BCUT2D eigenvalue weighted by Gasteiger charge is 2.25. The molecule has 0 aliphatic heterocycles. The predicted octanol–water partition coefficient (Wildman–Crippen LogP) is 2.21. The fourth-order valence-electron chi connectivity index (χ4n) is 3.60. The Morgan fingerprint density at radius 2 is 1.44 bits per heavy atom. The van der Waals surface area contributed by atoms with Crippen molar-refractivity contribution in [1.29, 1.82) is 0 Å². The second kappa shape index (κ2) is 14.3. The molecule has 0 radical (unpaired) electrons. The van der Waals surface area contributed by atoms with Gasteiger partial charge in [-0.05, 0) is 35.4 Å². The van der Waals surface area contributed by atoms with Gasteiger partial charge in [-0.15, -0.1) is 0 Å². The molecule has 0 saturated heterocycles. The molecule has 0 fully saturated rings. The van der Waals surface area contributed by atoms with Crippen LogP contribution < -0.4 is 20.9 Å². The van der Waals surface area contributed by atoms with Gasteiger partial charge in [0.1, 0.15) is 11.8 Å². The smallest absolute Gasteiger partial charge is 0.343 e. The van der Waals surface area contributed by atoms with Crippen molar-refractivity contribution in [2.75, 3.05) is 20.6 Å². The quantitative estimate of drug-likeness (QED) is 0.158. The first-order chi connectivity index (χ1) is 18.7. The van der Waals surface area contributed by atoms with Crippen molar-refractivity contribution in [2.24, 2.45) is 0 Å². The number of nitrogens with zero attached hydrogens (tertiary/aromatic N) is 2. The summed E-state index contributed by atoms with van der Waals surface area (Å²) in [6.45, 7) is 0.114. The van der Waals surface area contributed by atoms with Gasteiger partial charge >= 0.3 is 18.0 Å². The third-order valence-electron chi connectivity index (χ3n) is 5.60. The van der Waals surface area contributed by atoms with E-state index in [1.54, 1.807) is 54.6 Å². The molecule has 4 N–H and O–H groups in total. The lowest BCUT2D eigenvalue weighted by Gasteiger charge is -2.26. The number of rotatable bonds is 12. The number of aliphatic carboxylic acids is 1. The number of hydrogen-bond donors (Lipinski definition) is 4. The highest BCUT2D eigenvalue weighted by molar-refractivity contribution is 5.91. The normalized spacial score (nSPS) is 11.5. The van der Waals surface area contributed by atoms with Crippen molar-refractivity contribution in [3.05, 3.63) is 102 Å². The van der Waals surface area contributed by atoms with Crippen LogP contribution >= 0.6 is 0 Å². The molecular formula is C28H31N5O6. The fourth-order valence-corrected chi connectivity index (χ4v) is 3.60. The third-order valence-corrected chi connectivity index (χ3v) is 5.60. The van der Waals surface area contributed by atoms with E-state index in [1.165, 1.54) is 24.1 Å². The molecule has 0 bridgehead atoms. The highest BCUT2D eigenvalue weighted by Crippen LogP contribution is 2.16. The Bertz CT molecular complexity index is 1250. The SMILES string of the molecule is CN(CC(=O)NN(C)[C@@H](Cc1ccc(OC(=O)c2ccccc2)cc1)C(=O)O)NC(=O)NCc1ccccc1. The van der Waals surface area contributed by atoms with Crippen LogP contribution in [0.3, 0.4) is 0 Å². The number of carbonyl (C=O) groups is 4. The monoisotopic (exact) mass is 533 g/mol. The van der Waals surface area contributed by atoms with Gasteiger partial charge in [0, 0.05) is 27.1 Å². The Hall–Kier alpha value is -4.74. The van der Waals surface area contributed by atoms with Gasteiger partial charge in [-0.2, -0.15) is 0 Å². The van der Waals surface area contributed by atoms with Crippen LogP contribution in [0.2, 0.25) is 0 Å². The Kier molecular flexibility index (Phi) is 10.5. The van der Waals surface area contributed by atoms with Crippen molar-refractivity contribution < 1.29 is 29.0 Å². The van der Waals surface area contributed by atoms with Crippen LogP contribution in [0, 0.1) is 0 Å². The van der Waals surface area contributed by atoms with E-state index >= 15 is 0 Å². The van der Waals surface area contributed by atoms with Crippen molar-refractivity contribution in [1.82, 2.24) is 26.2 Å². The molecule has 1 atom stereocenters. The molecule has 0 aliphatic carbocycles. The first kappa shape index (κ1) is 28.8. The largest absolute Gasteiger partial charge is 0.480 e. The molecule has 3 aromatic carbocycles. The van der Waals surface area contributed by atoms with Crippen LogP contribution in [-0.2, 0) is 22.6 Å². The molecule has 0 heterocycles. The van der Waals surface area contributed by atoms with E-state index in [2.05, 4.69) is 16.2 Å². The molecular weight excluding hydrogens is 502 g/mol. The molecule has 0 unspecified atom stereocenters. The molecule has 11 nitrogen and oxygen atoms in total. The molecule has 11 heteroatoms. The zero-order valence-electron chi connectivity index (χ0n) is 21.7. The Balaban J connectivity index is 1.46. The summed E-state index contributed by atoms with van der Waals surface area (Å²) in [5, 5.41) is 14.9. The number of hydrogen-bond acceptors (Lipinski definition) is 7. The summed E-state index contributed by atoms with van der Waals surface area (Å²) in [5.41, 5.74) is 7.06. The molecule has 3 rings (SSSR count). The number of hydrazine groups is 2. The number of esters is 1. The van der Waals surface area contributed by atoms with Gasteiger partial charge in [-0.25, -0.2) is 19.6 Å². The van der Waals surface area contributed by atoms with Gasteiger partial charge in [0.25, 0.3) is 0 Å². The molecule has 3 amide bonds. The lowest BCUT2D eigenvalue weighted by Crippen LogP contribution is -2.54. The summed E-state index contributed by atoms with van der Waals surface area (Å²) >= 11 is 0. The van der Waals surface area contributed by atoms with E-state index in [9.17, 15) is 24.3 Å². The summed E-state index contributed by atoms with van der Waals surface area (Å²) in [7, 11) is 2.97. The standard InChI is InChI=1S/C28H31N5O6/c1-32(31-28(38)29-18-21-9-5-3-6-10-21)19-25(34)30-33(2)24(26(35)36)17-20-13-15-23(16-14-20)39-27(37)22-11-7-4-8-12-22/h3-16,24H,17-19H2,1-2H3,(H,30,34)(H,35,36)(H2,29,31,38)/t24-/m0/s1. The fraction of sp³-hybridized carbons (Fsp3) is 0.214. The highest BCUT2D eigenvalue weighted by atomic mass is 16.5. The van der Waals surface area contributed by atoms with Gasteiger partial charge in [-0.1, -0.05) is 60.7 Å². The number of benzene rings is 3. The summed E-state index contributed by atoms with van der Waals surface area (Å²) in [6, 6.07) is 22.8. The lowest BCUT2D eigenvalue weighted by molar-refractivity contribution is -0.145. The van der Waals surface area contributed by atoms with Crippen molar-refractivity contribution in [3.8, 4) is 5.75 Å². The second-order valence-corrected chi connectivity index (χ2v) is 8.74. The number of carboxylic acid groups (broad SMARTS) is 1. The van der Waals surface area contributed by atoms with E-state index in [-0.39, 0.29) is 13.0 Å². The summed E-state index contributed by atoms with van der Waals surface area (Å²) in [5.74, 6) is -1.83. The molecule has 0 saturated carbocycles. The average Bonchev–Trinajstić information content (AvgIpc) is 2.92. The Morgan fingerprint density at radius 1 is 0.821 bits per heavy atom. The Labute approximate surface area is 226 Å². The van der Waals surface area contributed by atoms with Crippen LogP contribution in [0.1, 0.15) is 21.5 Å². The van der Waals surface area contributed by atoms with Gasteiger partial charge in [0.05, 0.1) is 12.1 Å². The van der Waals surface area contributed by atoms with Crippen molar-refractivity contribution in [2.45, 2.75) is 19.0 Å². The molecule has 0 spiro atoms. The van der Waals surface area contributed by atoms with Crippen LogP contribution in [0.5, 0.6) is 5.75 Å². The first-order valence-electron chi connectivity index (χ1n) is 12.1. The summed E-state index contributed by atoms with van der Waals surface area (Å²) in [6.07, 6.45) is 0.0784. The maximum atomic E-state index is 12.5. The molecule has 39 heavy (non-hydrogen) atoms. The van der Waals surface area contributed by atoms with Crippen molar-refractivity contribution in [3.63, 3.8) is 0 Å². The van der Waals surface area contributed by atoms with Crippen molar-refractivity contribution >= 4 is 23.9 Å². The molecule has 204 valence electrons. The number of likely N-dealkylation sites (N-methyl/N-ethyl adjacent to an activating group) is 2. The van der Waals surface area contributed by atoms with Crippen LogP contribution in [0.4, 0.5) is 4.79 Å². The van der Waals surface area contributed by atoms with Gasteiger partial charge in [-0.3, -0.25) is 20.4 Å². The van der Waals surface area contributed by atoms with Crippen LogP contribution in [0.15, 0.2) is 84.9 Å². The van der Waals surface area contributed by atoms with Gasteiger partial charge < -0.3 is 15.2 Å². The summed E-state index contributed by atoms with van der Waals surface area (Å²) in [4.78, 5) is 48.7. The maximum absolute atomic E-state index is 12.5. The number of carbonyl (C=O) groups excluding carboxylic acids is 3. The summed E-state index contributed by atoms with van der Waals surface area (Å²) < 4.78 is 5.35. The van der Waals surface area contributed by atoms with Gasteiger partial charge in [0.2, 0.25) is 5.91 Å². The Morgan fingerprint density at radius 3 is 2.05 bits per heavy atom. The zero-order valence-corrected chi connectivity index (χ0v) is 21.7. The number of urea groups is 1. The van der Waals surface area contributed by atoms with E-state index < -0.39 is 29.9 Å². The molecule has 0 aliphatic rings. The first-order valence-corrected chi connectivity index (χ1v) is 12.1. The maximum Gasteiger partial charge on any atom is 0.343 e. The van der Waals surface area contributed by atoms with Crippen LogP contribution in [0.25, 0.3) is 0 Å². The van der Waals surface area contributed by atoms with E-state index in [0.29, 0.717) is 23.4 Å². The van der Waals surface area contributed by atoms with E-state index in [4.69, 9.17) is 4.74 Å². The predicted molar refractivity (Wildman–Crippen MR) is 143 cm³/mol. The minimum atomic E-state index is -1.14. The lowest BCUT2D eigenvalue weighted by atomic mass is 10.1. The minimum absolute atomic E-state index is 0.0784. The zero-order chi connectivity index (χ0) is 28.2. The molecule has 0 aromatic heterocycles. The van der Waals surface area contributed by atoms with E-state index in [0.717, 1.165) is 5.56 Å². The molecule has 3 aromatic rings. The second-order valence-electron chi connectivity index (χ2n) is 8.74. The number of nitrogens with one attached hydrogen (secondary N) is 3. The number of carboxylic acids is 1. The van der Waals surface area contributed by atoms with E-state index in [1.807, 2.05) is 30.3 Å². The van der Waals surface area contributed by atoms with Crippen LogP contribution in [-0.4, -0.2) is 65.7 Å². The minimum Gasteiger partial charge on any atom is -0.480 e. The topological polar surface area (TPSA) is 140 Å². The average molecular weight is 534 g/mol. The number of amides is 3.